The van der Waals surface area contributed by atoms with Gasteiger partial charge in [-0.1, -0.05) is 6.07 Å². The molecule has 0 bridgehead atoms. The second-order valence-corrected chi connectivity index (χ2v) is 5.10. The van der Waals surface area contributed by atoms with Gasteiger partial charge in [-0.25, -0.2) is 4.98 Å². The molecule has 0 spiro atoms. The molecule has 0 saturated carbocycles. The molecule has 0 aliphatic carbocycles. The van der Waals surface area contributed by atoms with Crippen LogP contribution in [0, 0.1) is 5.92 Å². The Hall–Kier alpha value is -1.62. The Morgan fingerprint density at radius 1 is 1.63 bits per heavy atom. The first-order chi connectivity index (χ1) is 9.13. The Bertz CT molecular complexity index is 447. The minimum Gasteiger partial charge on any atom is -0.359 e. The van der Waals surface area contributed by atoms with E-state index in [2.05, 4.69) is 15.2 Å². The van der Waals surface area contributed by atoms with E-state index < -0.39 is 0 Å². The van der Waals surface area contributed by atoms with Crippen molar-refractivity contribution in [2.45, 2.75) is 25.8 Å². The maximum atomic E-state index is 11.8. The van der Waals surface area contributed by atoms with E-state index in [4.69, 9.17) is 5.73 Å². The molecule has 0 aromatic carbocycles. The Kier molecular flexibility index (Phi) is 4.37. The van der Waals surface area contributed by atoms with E-state index in [-0.39, 0.29) is 17.9 Å². The molecule has 0 radical (unpaired) electrons. The van der Waals surface area contributed by atoms with Gasteiger partial charge in [0.1, 0.15) is 5.82 Å². The van der Waals surface area contributed by atoms with Crippen LogP contribution in [0.15, 0.2) is 18.3 Å². The lowest BCUT2D eigenvalue weighted by atomic mass is 9.96. The van der Waals surface area contributed by atoms with Gasteiger partial charge in [0.15, 0.2) is 0 Å². The molecular formula is C14H22N4O. The van der Waals surface area contributed by atoms with E-state index in [1.165, 1.54) is 0 Å². The molecule has 2 atom stereocenters. The average Bonchev–Trinajstić information content (AvgIpc) is 2.46. The number of hydrogen-bond donors (Lipinski definition) is 2. The fourth-order valence-electron chi connectivity index (χ4n) is 2.62. The first-order valence-electron chi connectivity index (χ1n) is 6.80. The molecule has 3 N–H and O–H groups in total. The monoisotopic (exact) mass is 262 g/mol. The molecule has 2 rings (SSSR count). The minimum atomic E-state index is -0.0518. The highest BCUT2D eigenvalue weighted by atomic mass is 16.1. The van der Waals surface area contributed by atoms with Gasteiger partial charge in [-0.15, -0.1) is 0 Å². The number of anilines is 1. The number of pyridine rings is 1. The lowest BCUT2D eigenvalue weighted by molar-refractivity contribution is -0.124. The van der Waals surface area contributed by atoms with Crippen LogP contribution in [0.2, 0.25) is 0 Å². The van der Waals surface area contributed by atoms with Gasteiger partial charge in [0, 0.05) is 37.9 Å². The standard InChI is InChI=1S/C14H22N4O/c1-10(15)12-6-3-7-17-13(12)18-8-4-5-11(9-18)14(19)16-2/h3,6-7,10-11H,4-5,8-9,15H2,1-2H3,(H,16,19). The number of nitrogens with one attached hydrogen (secondary N) is 1. The van der Waals surface area contributed by atoms with Crippen molar-refractivity contribution in [3.05, 3.63) is 23.9 Å². The van der Waals surface area contributed by atoms with Crippen LogP contribution in [0.3, 0.4) is 0 Å². The van der Waals surface area contributed by atoms with Crippen molar-refractivity contribution in [3.8, 4) is 0 Å². The van der Waals surface area contributed by atoms with Gasteiger partial charge in [0.05, 0.1) is 5.92 Å². The van der Waals surface area contributed by atoms with E-state index in [9.17, 15) is 4.79 Å². The summed E-state index contributed by atoms with van der Waals surface area (Å²) in [5.41, 5.74) is 7.04. The number of piperidine rings is 1. The summed E-state index contributed by atoms with van der Waals surface area (Å²) in [5.74, 6) is 1.08. The van der Waals surface area contributed by atoms with Crippen LogP contribution in [0.4, 0.5) is 5.82 Å². The Morgan fingerprint density at radius 3 is 3.11 bits per heavy atom. The van der Waals surface area contributed by atoms with Crippen LogP contribution >= 0.6 is 0 Å². The van der Waals surface area contributed by atoms with E-state index in [0.29, 0.717) is 0 Å². The summed E-state index contributed by atoms with van der Waals surface area (Å²) in [6.07, 6.45) is 3.73. The minimum absolute atomic E-state index is 0.0432. The molecule has 1 saturated heterocycles. The predicted octanol–water partition coefficient (Wildman–Crippen LogP) is 1.06. The molecular weight excluding hydrogens is 240 g/mol. The second kappa shape index (κ2) is 6.02. The zero-order valence-electron chi connectivity index (χ0n) is 11.6. The Balaban J connectivity index is 2.20. The van der Waals surface area contributed by atoms with E-state index in [1.54, 1.807) is 13.2 Å². The number of hydrogen-bond acceptors (Lipinski definition) is 4. The zero-order valence-corrected chi connectivity index (χ0v) is 11.6. The summed E-state index contributed by atoms with van der Waals surface area (Å²) in [6, 6.07) is 3.86. The number of rotatable bonds is 3. The zero-order chi connectivity index (χ0) is 13.8. The van der Waals surface area contributed by atoms with Gasteiger partial charge < -0.3 is 16.0 Å². The third-order valence-electron chi connectivity index (χ3n) is 3.65. The SMILES string of the molecule is CNC(=O)C1CCCN(c2ncccc2C(C)N)C1. The summed E-state index contributed by atoms with van der Waals surface area (Å²) in [4.78, 5) is 18.4. The maximum absolute atomic E-state index is 11.8. The molecule has 1 aromatic heterocycles. The fourth-order valence-corrected chi connectivity index (χ4v) is 2.62. The average molecular weight is 262 g/mol. The third-order valence-corrected chi connectivity index (χ3v) is 3.65. The highest BCUT2D eigenvalue weighted by Gasteiger charge is 2.27. The van der Waals surface area contributed by atoms with Crippen molar-refractivity contribution >= 4 is 11.7 Å². The Labute approximate surface area is 114 Å². The number of carbonyl (C=O) groups excluding carboxylic acids is 1. The van der Waals surface area contributed by atoms with E-state index >= 15 is 0 Å². The van der Waals surface area contributed by atoms with Gasteiger partial charge in [-0.2, -0.15) is 0 Å². The molecule has 5 heteroatoms. The molecule has 1 aliphatic heterocycles. The van der Waals surface area contributed by atoms with E-state index in [1.807, 2.05) is 19.1 Å². The molecule has 1 aromatic rings. The van der Waals surface area contributed by atoms with Crippen LogP contribution in [0.5, 0.6) is 0 Å². The van der Waals surface area contributed by atoms with Crippen molar-refractivity contribution < 1.29 is 4.79 Å². The molecule has 1 aliphatic rings. The number of carbonyl (C=O) groups is 1. The molecule has 1 amide bonds. The number of nitrogens with zero attached hydrogens (tertiary/aromatic N) is 2. The largest absolute Gasteiger partial charge is 0.359 e. The smallest absolute Gasteiger partial charge is 0.224 e. The molecule has 19 heavy (non-hydrogen) atoms. The van der Waals surface area contributed by atoms with Crippen LogP contribution < -0.4 is 16.0 Å². The van der Waals surface area contributed by atoms with Crippen LogP contribution in [0.25, 0.3) is 0 Å². The molecule has 2 heterocycles. The number of nitrogens with two attached hydrogens (primary N) is 1. The van der Waals surface area contributed by atoms with Crippen LogP contribution in [0.1, 0.15) is 31.4 Å². The quantitative estimate of drug-likeness (QED) is 0.854. The number of aromatic nitrogens is 1. The molecule has 2 unspecified atom stereocenters. The highest BCUT2D eigenvalue weighted by molar-refractivity contribution is 5.79. The van der Waals surface area contributed by atoms with Crippen molar-refractivity contribution in [1.29, 1.82) is 0 Å². The topological polar surface area (TPSA) is 71.2 Å². The normalized spacial score (nSPS) is 21.0. The van der Waals surface area contributed by atoms with Crippen molar-refractivity contribution in [2.24, 2.45) is 11.7 Å². The fraction of sp³-hybridized carbons (Fsp3) is 0.571. The summed E-state index contributed by atoms with van der Waals surface area (Å²) in [7, 11) is 1.69. The first kappa shape index (κ1) is 13.8. The van der Waals surface area contributed by atoms with Crippen LogP contribution in [-0.4, -0.2) is 31.0 Å². The second-order valence-electron chi connectivity index (χ2n) is 5.10. The highest BCUT2D eigenvalue weighted by Crippen LogP contribution is 2.27. The van der Waals surface area contributed by atoms with Gasteiger partial charge >= 0.3 is 0 Å². The van der Waals surface area contributed by atoms with E-state index in [0.717, 1.165) is 37.3 Å². The first-order valence-corrected chi connectivity index (χ1v) is 6.80. The van der Waals surface area contributed by atoms with Gasteiger partial charge in [0.25, 0.3) is 0 Å². The third kappa shape index (κ3) is 3.04. The summed E-state index contributed by atoms with van der Waals surface area (Å²) >= 11 is 0. The van der Waals surface area contributed by atoms with Gasteiger partial charge in [-0.05, 0) is 25.8 Å². The number of amides is 1. The van der Waals surface area contributed by atoms with Crippen molar-refractivity contribution in [2.75, 3.05) is 25.0 Å². The summed E-state index contributed by atoms with van der Waals surface area (Å²) in [6.45, 7) is 3.61. The molecule has 1 fully saturated rings. The van der Waals surface area contributed by atoms with Gasteiger partial charge in [-0.3, -0.25) is 4.79 Å². The summed E-state index contributed by atoms with van der Waals surface area (Å²) < 4.78 is 0. The Morgan fingerprint density at radius 2 is 2.42 bits per heavy atom. The molecule has 104 valence electrons. The summed E-state index contributed by atoms with van der Waals surface area (Å²) in [5, 5.41) is 2.73. The predicted molar refractivity (Wildman–Crippen MR) is 75.8 cm³/mol. The van der Waals surface area contributed by atoms with Crippen LogP contribution in [-0.2, 0) is 4.79 Å². The lowest BCUT2D eigenvalue weighted by Crippen LogP contribution is -2.43. The maximum Gasteiger partial charge on any atom is 0.224 e. The van der Waals surface area contributed by atoms with Crippen molar-refractivity contribution in [3.63, 3.8) is 0 Å². The lowest BCUT2D eigenvalue weighted by Gasteiger charge is -2.34. The van der Waals surface area contributed by atoms with Crippen molar-refractivity contribution in [1.82, 2.24) is 10.3 Å². The van der Waals surface area contributed by atoms with Gasteiger partial charge in [0.2, 0.25) is 5.91 Å². The molecule has 5 nitrogen and oxygen atoms in total.